The first-order valence-corrected chi connectivity index (χ1v) is 5.01. The Bertz CT molecular complexity index is 357. The smallest absolute Gasteiger partial charge is 0.123 e. The molecule has 14 heavy (non-hydrogen) atoms. The number of aliphatic hydroxyl groups excluding tert-OH is 1. The zero-order chi connectivity index (χ0) is 10.6. The van der Waals surface area contributed by atoms with Gasteiger partial charge in [-0.05, 0) is 30.2 Å². The molecule has 0 aliphatic rings. The first-order valence-electron chi connectivity index (χ1n) is 4.21. The van der Waals surface area contributed by atoms with E-state index in [-0.39, 0.29) is 5.82 Å². The van der Waals surface area contributed by atoms with E-state index in [4.69, 9.17) is 6.42 Å². The largest absolute Gasteiger partial charge is 0.388 e. The Kier molecular flexibility index (Phi) is 4.12. The van der Waals surface area contributed by atoms with Crippen molar-refractivity contribution in [3.8, 4) is 12.3 Å². The number of hydrogen-bond acceptors (Lipinski definition) is 1. The van der Waals surface area contributed by atoms with E-state index >= 15 is 0 Å². The number of benzene rings is 1. The molecule has 3 heteroatoms. The van der Waals surface area contributed by atoms with Crippen LogP contribution in [0.4, 0.5) is 4.39 Å². The monoisotopic (exact) mass is 256 g/mol. The van der Waals surface area contributed by atoms with Crippen molar-refractivity contribution < 1.29 is 9.50 Å². The van der Waals surface area contributed by atoms with Crippen LogP contribution in [0.5, 0.6) is 0 Å². The molecule has 0 radical (unpaired) electrons. The molecule has 0 saturated heterocycles. The fourth-order valence-corrected chi connectivity index (χ4v) is 1.66. The fourth-order valence-electron chi connectivity index (χ4n) is 1.15. The van der Waals surface area contributed by atoms with Gasteiger partial charge >= 0.3 is 0 Å². The van der Waals surface area contributed by atoms with Gasteiger partial charge in [-0.2, -0.15) is 0 Å². The minimum absolute atomic E-state index is 0.358. The summed E-state index contributed by atoms with van der Waals surface area (Å²) in [5.74, 6) is 2.08. The molecule has 0 saturated carbocycles. The summed E-state index contributed by atoms with van der Waals surface area (Å²) in [6, 6.07) is 4.22. The van der Waals surface area contributed by atoms with Crippen LogP contribution in [-0.4, -0.2) is 5.11 Å². The summed E-state index contributed by atoms with van der Waals surface area (Å²) >= 11 is 3.24. The van der Waals surface area contributed by atoms with E-state index in [1.807, 2.05) is 0 Å². The number of halogens is 2. The summed E-state index contributed by atoms with van der Waals surface area (Å²) in [5.41, 5.74) is 0.542. The van der Waals surface area contributed by atoms with Crippen LogP contribution in [0.2, 0.25) is 0 Å². The molecule has 0 spiro atoms. The average Bonchev–Trinajstić information content (AvgIpc) is 2.18. The van der Waals surface area contributed by atoms with Gasteiger partial charge in [0.1, 0.15) is 5.82 Å². The van der Waals surface area contributed by atoms with E-state index in [2.05, 4.69) is 21.9 Å². The normalized spacial score (nSPS) is 12.1. The molecule has 1 aromatic carbocycles. The molecule has 0 aliphatic carbocycles. The van der Waals surface area contributed by atoms with Crippen LogP contribution in [0.1, 0.15) is 24.5 Å². The highest BCUT2D eigenvalue weighted by molar-refractivity contribution is 9.10. The topological polar surface area (TPSA) is 20.2 Å². The van der Waals surface area contributed by atoms with Gasteiger partial charge in [-0.1, -0.05) is 15.9 Å². The molecule has 0 aromatic heterocycles. The SMILES string of the molecule is C#CCCC(O)c1cc(F)ccc1Br. The van der Waals surface area contributed by atoms with Crippen molar-refractivity contribution in [3.05, 3.63) is 34.1 Å². The lowest BCUT2D eigenvalue weighted by molar-refractivity contribution is 0.168. The third-order valence-electron chi connectivity index (χ3n) is 1.88. The molecule has 1 aromatic rings. The lowest BCUT2D eigenvalue weighted by Gasteiger charge is -2.11. The molecular formula is C11H10BrFO. The highest BCUT2D eigenvalue weighted by atomic mass is 79.9. The van der Waals surface area contributed by atoms with Gasteiger partial charge in [0.25, 0.3) is 0 Å². The molecule has 0 amide bonds. The lowest BCUT2D eigenvalue weighted by atomic mass is 10.1. The van der Waals surface area contributed by atoms with Crippen LogP contribution in [-0.2, 0) is 0 Å². The minimum atomic E-state index is -0.712. The Morgan fingerprint density at radius 1 is 1.57 bits per heavy atom. The van der Waals surface area contributed by atoms with Gasteiger partial charge in [0.2, 0.25) is 0 Å². The molecule has 0 heterocycles. The Labute approximate surface area is 91.1 Å². The maximum Gasteiger partial charge on any atom is 0.123 e. The molecule has 1 N–H and O–H groups in total. The molecule has 1 rings (SSSR count). The van der Waals surface area contributed by atoms with Crippen molar-refractivity contribution in [2.24, 2.45) is 0 Å². The van der Waals surface area contributed by atoms with Gasteiger partial charge in [-0.3, -0.25) is 0 Å². The molecule has 74 valence electrons. The van der Waals surface area contributed by atoms with Gasteiger partial charge in [-0.25, -0.2) is 4.39 Å². The first kappa shape index (κ1) is 11.2. The summed E-state index contributed by atoms with van der Waals surface area (Å²) < 4.78 is 13.6. The number of hydrogen-bond donors (Lipinski definition) is 1. The Hall–Kier alpha value is -0.850. The zero-order valence-corrected chi connectivity index (χ0v) is 9.09. The molecule has 1 atom stereocenters. The predicted octanol–water partition coefficient (Wildman–Crippen LogP) is 3.04. The van der Waals surface area contributed by atoms with Gasteiger partial charge in [-0.15, -0.1) is 12.3 Å². The van der Waals surface area contributed by atoms with Gasteiger partial charge in [0, 0.05) is 10.9 Å². The van der Waals surface area contributed by atoms with E-state index in [0.29, 0.717) is 22.9 Å². The minimum Gasteiger partial charge on any atom is -0.388 e. The first-order chi connectivity index (χ1) is 6.65. The average molecular weight is 257 g/mol. The van der Waals surface area contributed by atoms with Crippen molar-refractivity contribution in [2.75, 3.05) is 0 Å². The third-order valence-corrected chi connectivity index (χ3v) is 2.60. The van der Waals surface area contributed by atoms with E-state index in [1.54, 1.807) is 6.07 Å². The Morgan fingerprint density at radius 2 is 2.29 bits per heavy atom. The second kappa shape index (κ2) is 5.14. The second-order valence-corrected chi connectivity index (χ2v) is 3.78. The highest BCUT2D eigenvalue weighted by Crippen LogP contribution is 2.26. The van der Waals surface area contributed by atoms with Crippen molar-refractivity contribution in [1.82, 2.24) is 0 Å². The Morgan fingerprint density at radius 3 is 2.93 bits per heavy atom. The van der Waals surface area contributed by atoms with E-state index in [9.17, 15) is 9.50 Å². The van der Waals surface area contributed by atoms with E-state index < -0.39 is 6.10 Å². The van der Waals surface area contributed by atoms with Crippen molar-refractivity contribution in [2.45, 2.75) is 18.9 Å². The predicted molar refractivity (Wildman–Crippen MR) is 57.1 cm³/mol. The molecular weight excluding hydrogens is 247 g/mol. The van der Waals surface area contributed by atoms with Crippen LogP contribution < -0.4 is 0 Å². The van der Waals surface area contributed by atoms with Gasteiger partial charge < -0.3 is 5.11 Å². The van der Waals surface area contributed by atoms with Crippen molar-refractivity contribution >= 4 is 15.9 Å². The summed E-state index contributed by atoms with van der Waals surface area (Å²) in [6.07, 6.45) is 5.28. The van der Waals surface area contributed by atoms with Crippen LogP contribution >= 0.6 is 15.9 Å². The van der Waals surface area contributed by atoms with Crippen LogP contribution in [0.25, 0.3) is 0 Å². The van der Waals surface area contributed by atoms with Gasteiger partial charge in [0.05, 0.1) is 6.10 Å². The molecule has 1 nitrogen and oxygen atoms in total. The second-order valence-electron chi connectivity index (χ2n) is 2.92. The quantitative estimate of drug-likeness (QED) is 0.825. The molecule has 0 aliphatic heterocycles. The number of rotatable bonds is 3. The summed E-state index contributed by atoms with van der Waals surface area (Å²) in [4.78, 5) is 0. The molecule has 1 unspecified atom stereocenters. The third kappa shape index (κ3) is 2.83. The van der Waals surface area contributed by atoms with E-state index in [0.717, 1.165) is 0 Å². The number of aliphatic hydroxyl groups is 1. The molecule has 0 bridgehead atoms. The van der Waals surface area contributed by atoms with E-state index in [1.165, 1.54) is 12.1 Å². The maximum absolute atomic E-state index is 12.9. The maximum atomic E-state index is 12.9. The van der Waals surface area contributed by atoms with Crippen molar-refractivity contribution in [3.63, 3.8) is 0 Å². The summed E-state index contributed by atoms with van der Waals surface area (Å²) in [5, 5.41) is 9.66. The van der Waals surface area contributed by atoms with Gasteiger partial charge in [0.15, 0.2) is 0 Å². The van der Waals surface area contributed by atoms with Crippen LogP contribution in [0.15, 0.2) is 22.7 Å². The zero-order valence-electron chi connectivity index (χ0n) is 7.50. The van der Waals surface area contributed by atoms with Crippen LogP contribution in [0.3, 0.4) is 0 Å². The summed E-state index contributed by atoms with van der Waals surface area (Å²) in [6.45, 7) is 0. The van der Waals surface area contributed by atoms with Crippen LogP contribution in [0, 0.1) is 18.2 Å². The lowest BCUT2D eigenvalue weighted by Crippen LogP contribution is -1.98. The van der Waals surface area contributed by atoms with Crippen molar-refractivity contribution in [1.29, 1.82) is 0 Å². The molecule has 0 fully saturated rings. The fraction of sp³-hybridized carbons (Fsp3) is 0.273. The summed E-state index contributed by atoms with van der Waals surface area (Å²) in [7, 11) is 0. The Balaban J connectivity index is 2.83. The highest BCUT2D eigenvalue weighted by Gasteiger charge is 2.11. The standard InChI is InChI=1S/C11H10BrFO/c1-2-3-4-11(14)9-7-8(13)5-6-10(9)12/h1,5-7,11,14H,3-4H2. The number of terminal acetylenes is 1.